The Labute approximate surface area is 91.7 Å². The van der Waals surface area contributed by atoms with Crippen LogP contribution >= 0.6 is 0 Å². The van der Waals surface area contributed by atoms with E-state index in [2.05, 4.69) is 10.1 Å². The van der Waals surface area contributed by atoms with Crippen LogP contribution in [-0.4, -0.2) is 21.2 Å². The maximum atomic E-state index is 10.9. The number of carboxylic acid groups (broad SMARTS) is 1. The fourth-order valence-electron chi connectivity index (χ4n) is 1.50. The van der Waals surface area contributed by atoms with Gasteiger partial charge in [-0.1, -0.05) is 18.1 Å². The molecule has 0 radical (unpaired) electrons. The fraction of sp³-hybridized carbons (Fsp3) is 0.182. The maximum Gasteiger partial charge on any atom is 0.358 e. The van der Waals surface area contributed by atoms with Crippen molar-refractivity contribution < 1.29 is 14.4 Å². The summed E-state index contributed by atoms with van der Waals surface area (Å²) in [6.45, 7) is 1.85. The van der Waals surface area contributed by atoms with Gasteiger partial charge in [-0.2, -0.15) is 0 Å². The Balaban J connectivity index is 2.54. The van der Waals surface area contributed by atoms with E-state index in [9.17, 15) is 4.79 Å². The standard InChI is InChI=1S/C11H10N2O3/c1-2-7-9(11(14)15)13-16-10(7)8-5-3-4-6-12-8/h3-6H,2H2,1H3,(H,14,15). The van der Waals surface area contributed by atoms with Gasteiger partial charge in [0.25, 0.3) is 0 Å². The molecule has 0 aliphatic heterocycles. The zero-order chi connectivity index (χ0) is 11.5. The van der Waals surface area contributed by atoms with Crippen molar-refractivity contribution in [2.45, 2.75) is 13.3 Å². The third-order valence-electron chi connectivity index (χ3n) is 2.24. The van der Waals surface area contributed by atoms with E-state index in [4.69, 9.17) is 9.63 Å². The molecule has 2 heterocycles. The van der Waals surface area contributed by atoms with Gasteiger partial charge in [0.15, 0.2) is 11.5 Å². The summed E-state index contributed by atoms with van der Waals surface area (Å²) < 4.78 is 5.04. The van der Waals surface area contributed by atoms with E-state index in [-0.39, 0.29) is 5.69 Å². The zero-order valence-electron chi connectivity index (χ0n) is 8.67. The third-order valence-corrected chi connectivity index (χ3v) is 2.24. The van der Waals surface area contributed by atoms with Crippen LogP contribution in [-0.2, 0) is 6.42 Å². The quantitative estimate of drug-likeness (QED) is 0.852. The van der Waals surface area contributed by atoms with Gasteiger partial charge in [0.1, 0.15) is 5.69 Å². The Kier molecular flexibility index (Phi) is 2.68. The molecule has 0 aromatic carbocycles. The van der Waals surface area contributed by atoms with E-state index in [0.29, 0.717) is 23.4 Å². The average Bonchev–Trinajstić information content (AvgIpc) is 2.73. The highest BCUT2D eigenvalue weighted by atomic mass is 16.5. The second-order valence-corrected chi connectivity index (χ2v) is 3.21. The summed E-state index contributed by atoms with van der Waals surface area (Å²) >= 11 is 0. The first-order valence-electron chi connectivity index (χ1n) is 4.87. The van der Waals surface area contributed by atoms with Crippen LogP contribution in [0.2, 0.25) is 0 Å². The summed E-state index contributed by atoms with van der Waals surface area (Å²) in [5.74, 6) is -0.650. The van der Waals surface area contributed by atoms with Gasteiger partial charge in [0.2, 0.25) is 0 Å². The molecule has 0 aliphatic carbocycles. The zero-order valence-corrected chi connectivity index (χ0v) is 8.67. The third kappa shape index (κ3) is 1.67. The predicted octanol–water partition coefficient (Wildman–Crippen LogP) is 2.00. The summed E-state index contributed by atoms with van der Waals surface area (Å²) in [6.07, 6.45) is 2.16. The van der Waals surface area contributed by atoms with Crippen molar-refractivity contribution in [2.24, 2.45) is 0 Å². The number of hydrogen-bond donors (Lipinski definition) is 1. The lowest BCUT2D eigenvalue weighted by atomic mass is 10.1. The second kappa shape index (κ2) is 4.14. The van der Waals surface area contributed by atoms with E-state index in [0.717, 1.165) is 0 Å². The average molecular weight is 218 g/mol. The van der Waals surface area contributed by atoms with Crippen molar-refractivity contribution >= 4 is 5.97 Å². The lowest BCUT2D eigenvalue weighted by Gasteiger charge is -1.97. The maximum absolute atomic E-state index is 10.9. The molecule has 0 spiro atoms. The van der Waals surface area contributed by atoms with Crippen LogP contribution < -0.4 is 0 Å². The minimum absolute atomic E-state index is 0.0387. The van der Waals surface area contributed by atoms with Gasteiger partial charge in [-0.15, -0.1) is 0 Å². The lowest BCUT2D eigenvalue weighted by molar-refractivity contribution is 0.0685. The Morgan fingerprint density at radius 1 is 1.50 bits per heavy atom. The predicted molar refractivity (Wildman–Crippen MR) is 56.1 cm³/mol. The van der Waals surface area contributed by atoms with Gasteiger partial charge >= 0.3 is 5.97 Å². The van der Waals surface area contributed by atoms with Crippen molar-refractivity contribution in [1.29, 1.82) is 0 Å². The molecule has 0 saturated heterocycles. The Morgan fingerprint density at radius 2 is 2.31 bits per heavy atom. The molecule has 5 nitrogen and oxygen atoms in total. The van der Waals surface area contributed by atoms with Gasteiger partial charge in [-0.3, -0.25) is 4.98 Å². The Hall–Kier alpha value is -2.17. The molecular formula is C11H10N2O3. The first kappa shape index (κ1) is 10.4. The number of carboxylic acids is 1. The SMILES string of the molecule is CCc1c(C(=O)O)noc1-c1ccccn1. The van der Waals surface area contributed by atoms with Gasteiger partial charge < -0.3 is 9.63 Å². The highest BCUT2D eigenvalue weighted by Gasteiger charge is 2.21. The number of aromatic carboxylic acids is 1. The molecule has 5 heteroatoms. The first-order valence-corrected chi connectivity index (χ1v) is 4.87. The minimum Gasteiger partial charge on any atom is -0.476 e. The minimum atomic E-state index is -1.08. The van der Waals surface area contributed by atoms with Crippen molar-refractivity contribution in [3.05, 3.63) is 35.7 Å². The van der Waals surface area contributed by atoms with Crippen LogP contribution in [0.25, 0.3) is 11.5 Å². The summed E-state index contributed by atoms with van der Waals surface area (Å²) in [5, 5.41) is 12.5. The highest BCUT2D eigenvalue weighted by molar-refractivity contribution is 5.88. The van der Waals surface area contributed by atoms with E-state index >= 15 is 0 Å². The lowest BCUT2D eigenvalue weighted by Crippen LogP contribution is -2.00. The van der Waals surface area contributed by atoms with Crippen molar-refractivity contribution in [3.8, 4) is 11.5 Å². The van der Waals surface area contributed by atoms with E-state index in [1.54, 1.807) is 18.3 Å². The first-order chi connectivity index (χ1) is 7.74. The van der Waals surface area contributed by atoms with Crippen LogP contribution in [0.5, 0.6) is 0 Å². The number of pyridine rings is 1. The van der Waals surface area contributed by atoms with E-state index in [1.807, 2.05) is 13.0 Å². The van der Waals surface area contributed by atoms with Crippen LogP contribution in [0.1, 0.15) is 23.0 Å². The monoisotopic (exact) mass is 218 g/mol. The largest absolute Gasteiger partial charge is 0.476 e. The van der Waals surface area contributed by atoms with Crippen LogP contribution in [0.15, 0.2) is 28.9 Å². The molecule has 1 N–H and O–H groups in total. The number of aromatic nitrogens is 2. The number of hydrogen-bond acceptors (Lipinski definition) is 4. The molecule has 2 rings (SSSR count). The van der Waals surface area contributed by atoms with E-state index in [1.165, 1.54) is 0 Å². The second-order valence-electron chi connectivity index (χ2n) is 3.21. The molecule has 0 bridgehead atoms. The molecule has 2 aromatic rings. The summed E-state index contributed by atoms with van der Waals surface area (Å²) in [4.78, 5) is 15.0. The topological polar surface area (TPSA) is 76.2 Å². The molecule has 0 unspecified atom stereocenters. The number of nitrogens with zero attached hydrogens (tertiary/aromatic N) is 2. The van der Waals surface area contributed by atoms with Crippen LogP contribution in [0, 0.1) is 0 Å². The molecule has 16 heavy (non-hydrogen) atoms. The Morgan fingerprint density at radius 3 is 2.88 bits per heavy atom. The molecule has 0 amide bonds. The Bertz CT molecular complexity index is 505. The van der Waals surface area contributed by atoms with Gasteiger partial charge in [-0.05, 0) is 18.6 Å². The molecule has 0 saturated carbocycles. The molecule has 2 aromatic heterocycles. The van der Waals surface area contributed by atoms with E-state index < -0.39 is 5.97 Å². The number of carbonyl (C=O) groups is 1. The van der Waals surface area contributed by atoms with Crippen molar-refractivity contribution in [3.63, 3.8) is 0 Å². The molecule has 0 aliphatic rings. The smallest absolute Gasteiger partial charge is 0.358 e. The van der Waals surface area contributed by atoms with Gasteiger partial charge in [0, 0.05) is 11.8 Å². The van der Waals surface area contributed by atoms with Crippen LogP contribution in [0.3, 0.4) is 0 Å². The molecule has 82 valence electrons. The molecular weight excluding hydrogens is 208 g/mol. The van der Waals surface area contributed by atoms with Crippen molar-refractivity contribution in [1.82, 2.24) is 10.1 Å². The van der Waals surface area contributed by atoms with Crippen molar-refractivity contribution in [2.75, 3.05) is 0 Å². The van der Waals surface area contributed by atoms with Crippen LogP contribution in [0.4, 0.5) is 0 Å². The summed E-state index contributed by atoms with van der Waals surface area (Å²) in [7, 11) is 0. The highest BCUT2D eigenvalue weighted by Crippen LogP contribution is 2.24. The normalized spacial score (nSPS) is 10.3. The fourth-order valence-corrected chi connectivity index (χ4v) is 1.50. The number of rotatable bonds is 3. The van der Waals surface area contributed by atoms with Gasteiger partial charge in [-0.25, -0.2) is 4.79 Å². The van der Waals surface area contributed by atoms with Gasteiger partial charge in [0.05, 0.1) is 0 Å². The summed E-state index contributed by atoms with van der Waals surface area (Å²) in [5.41, 5.74) is 1.13. The molecule has 0 fully saturated rings. The molecule has 0 atom stereocenters. The summed E-state index contributed by atoms with van der Waals surface area (Å²) in [6, 6.07) is 5.35.